The SMILES string of the molecule is CN(c1ccccc1)c1c2cccc3c2c2c4c(ccc5cccc(c6cccc1c62)c54)C3(C)C. The molecule has 7 aromatic carbocycles. The zero-order valence-corrected chi connectivity index (χ0v) is 20.2. The second-order valence-corrected chi connectivity index (χ2v) is 10.6. The fourth-order valence-electron chi connectivity index (χ4n) is 6.97. The Bertz CT molecular complexity index is 1980. The van der Waals surface area contributed by atoms with Crippen LogP contribution < -0.4 is 4.90 Å². The minimum absolute atomic E-state index is 0.0777. The van der Waals surface area contributed by atoms with Gasteiger partial charge in [0, 0.05) is 34.3 Å². The van der Waals surface area contributed by atoms with E-state index in [4.69, 9.17) is 0 Å². The molecule has 35 heavy (non-hydrogen) atoms. The average molecular weight is 448 g/mol. The highest BCUT2D eigenvalue weighted by molar-refractivity contribution is 6.42. The summed E-state index contributed by atoms with van der Waals surface area (Å²) >= 11 is 0. The Balaban J connectivity index is 1.74. The Kier molecular flexibility index (Phi) is 3.47. The molecule has 166 valence electrons. The molecule has 0 radical (unpaired) electrons. The molecule has 0 aromatic heterocycles. The Morgan fingerprint density at radius 1 is 0.486 bits per heavy atom. The summed E-state index contributed by atoms with van der Waals surface area (Å²) in [5, 5.41) is 13.8. The molecule has 0 unspecified atom stereocenters. The van der Waals surface area contributed by atoms with E-state index in [-0.39, 0.29) is 5.41 Å². The Morgan fingerprint density at radius 3 is 1.91 bits per heavy atom. The third-order valence-corrected chi connectivity index (χ3v) is 8.55. The first-order valence-corrected chi connectivity index (χ1v) is 12.4. The van der Waals surface area contributed by atoms with Crippen molar-refractivity contribution in [3.05, 3.63) is 108 Å². The fourth-order valence-corrected chi connectivity index (χ4v) is 6.97. The molecular formula is C34H25N. The second-order valence-electron chi connectivity index (χ2n) is 10.6. The lowest BCUT2D eigenvalue weighted by Gasteiger charge is -2.36. The molecule has 1 aliphatic carbocycles. The fraction of sp³-hybridized carbons (Fsp3) is 0.118. The van der Waals surface area contributed by atoms with Gasteiger partial charge in [0.1, 0.15) is 0 Å². The van der Waals surface area contributed by atoms with E-state index in [1.165, 1.54) is 76.4 Å². The zero-order chi connectivity index (χ0) is 23.5. The molecule has 1 heteroatoms. The van der Waals surface area contributed by atoms with Gasteiger partial charge in [0.15, 0.2) is 0 Å². The van der Waals surface area contributed by atoms with Crippen molar-refractivity contribution < 1.29 is 0 Å². The molecule has 0 heterocycles. The van der Waals surface area contributed by atoms with E-state index in [0.717, 1.165) is 0 Å². The quantitative estimate of drug-likeness (QED) is 0.188. The summed E-state index contributed by atoms with van der Waals surface area (Å²) in [6.07, 6.45) is 0. The van der Waals surface area contributed by atoms with Crippen LogP contribution in [0.5, 0.6) is 0 Å². The molecule has 1 nitrogen and oxygen atoms in total. The summed E-state index contributed by atoms with van der Waals surface area (Å²) in [5.41, 5.74) is 5.29. The summed E-state index contributed by atoms with van der Waals surface area (Å²) < 4.78 is 0. The maximum absolute atomic E-state index is 2.40. The summed E-state index contributed by atoms with van der Waals surface area (Å²) in [7, 11) is 2.21. The third kappa shape index (κ3) is 2.20. The van der Waals surface area contributed by atoms with Crippen LogP contribution in [0.15, 0.2) is 97.1 Å². The van der Waals surface area contributed by atoms with Crippen molar-refractivity contribution >= 4 is 65.2 Å². The summed E-state index contributed by atoms with van der Waals surface area (Å²) in [4.78, 5) is 2.38. The first kappa shape index (κ1) is 19.2. The van der Waals surface area contributed by atoms with Gasteiger partial charge in [-0.3, -0.25) is 0 Å². The minimum Gasteiger partial charge on any atom is -0.344 e. The van der Waals surface area contributed by atoms with E-state index < -0.39 is 0 Å². The van der Waals surface area contributed by atoms with Crippen LogP contribution >= 0.6 is 0 Å². The van der Waals surface area contributed by atoms with Crippen LogP contribution in [0.1, 0.15) is 25.0 Å². The Hall–Kier alpha value is -4.10. The molecule has 7 aromatic rings. The predicted octanol–water partition coefficient (Wildman–Crippen LogP) is 9.30. The van der Waals surface area contributed by atoms with Gasteiger partial charge in [-0.05, 0) is 61.0 Å². The Labute approximate surface area is 204 Å². The van der Waals surface area contributed by atoms with Gasteiger partial charge in [0.25, 0.3) is 0 Å². The van der Waals surface area contributed by atoms with Crippen molar-refractivity contribution in [1.29, 1.82) is 0 Å². The van der Waals surface area contributed by atoms with Crippen molar-refractivity contribution in [3.8, 4) is 0 Å². The van der Waals surface area contributed by atoms with E-state index in [2.05, 4.69) is 123 Å². The van der Waals surface area contributed by atoms with Gasteiger partial charge in [-0.2, -0.15) is 0 Å². The zero-order valence-electron chi connectivity index (χ0n) is 20.2. The van der Waals surface area contributed by atoms with Crippen LogP contribution in [0.25, 0.3) is 53.9 Å². The van der Waals surface area contributed by atoms with Crippen LogP contribution in [0.2, 0.25) is 0 Å². The van der Waals surface area contributed by atoms with E-state index >= 15 is 0 Å². The van der Waals surface area contributed by atoms with Gasteiger partial charge in [0.2, 0.25) is 0 Å². The standard InChI is InChI=1S/C34H25N/c1-34(2)26-17-9-16-25-30(26)32-29-23(22-13-7-10-20-18-19-27(34)31(32)28(20)22)14-8-15-24(29)33(25)35(3)21-11-5-4-6-12-21/h4-19H,1-3H3. The number of para-hydroxylation sites is 1. The van der Waals surface area contributed by atoms with E-state index in [1.54, 1.807) is 0 Å². The largest absolute Gasteiger partial charge is 0.344 e. The number of benzene rings is 7. The molecule has 0 aliphatic heterocycles. The lowest BCUT2D eigenvalue weighted by molar-refractivity contribution is 0.652. The molecule has 0 atom stereocenters. The van der Waals surface area contributed by atoms with Crippen LogP contribution in [-0.4, -0.2) is 7.05 Å². The molecule has 0 spiro atoms. The molecule has 0 saturated heterocycles. The molecule has 8 rings (SSSR count). The number of rotatable bonds is 2. The predicted molar refractivity (Wildman–Crippen MR) is 152 cm³/mol. The lowest BCUT2D eigenvalue weighted by atomic mass is 9.68. The van der Waals surface area contributed by atoms with Gasteiger partial charge in [0.05, 0.1) is 5.69 Å². The van der Waals surface area contributed by atoms with Gasteiger partial charge < -0.3 is 4.90 Å². The summed E-state index contributed by atoms with van der Waals surface area (Å²) in [5.74, 6) is 0. The van der Waals surface area contributed by atoms with Gasteiger partial charge in [-0.25, -0.2) is 0 Å². The maximum Gasteiger partial charge on any atom is 0.0568 e. The lowest BCUT2D eigenvalue weighted by Crippen LogP contribution is -2.23. The van der Waals surface area contributed by atoms with Gasteiger partial charge >= 0.3 is 0 Å². The van der Waals surface area contributed by atoms with Crippen molar-refractivity contribution in [3.63, 3.8) is 0 Å². The van der Waals surface area contributed by atoms with Crippen LogP contribution in [0, 0.1) is 0 Å². The highest BCUT2D eigenvalue weighted by Gasteiger charge is 2.35. The molecule has 1 aliphatic rings. The second kappa shape index (κ2) is 6.31. The molecular weight excluding hydrogens is 422 g/mol. The smallest absolute Gasteiger partial charge is 0.0568 e. The molecule has 0 saturated carbocycles. The van der Waals surface area contributed by atoms with Crippen molar-refractivity contribution in [1.82, 2.24) is 0 Å². The molecule has 0 fully saturated rings. The Morgan fingerprint density at radius 2 is 1.11 bits per heavy atom. The van der Waals surface area contributed by atoms with Crippen LogP contribution in [-0.2, 0) is 5.41 Å². The number of nitrogens with zero attached hydrogens (tertiary/aromatic N) is 1. The third-order valence-electron chi connectivity index (χ3n) is 8.55. The minimum atomic E-state index is -0.0777. The average Bonchev–Trinajstić information content (AvgIpc) is 2.89. The summed E-state index contributed by atoms with van der Waals surface area (Å²) in [6, 6.07) is 36.1. The number of anilines is 2. The van der Waals surface area contributed by atoms with Gasteiger partial charge in [-0.1, -0.05) is 98.8 Å². The topological polar surface area (TPSA) is 3.24 Å². The van der Waals surface area contributed by atoms with Gasteiger partial charge in [-0.15, -0.1) is 0 Å². The summed E-state index contributed by atoms with van der Waals surface area (Å²) in [6.45, 7) is 4.80. The number of hydrogen-bond donors (Lipinski definition) is 0. The van der Waals surface area contributed by atoms with Crippen molar-refractivity contribution in [2.45, 2.75) is 19.3 Å². The van der Waals surface area contributed by atoms with E-state index in [0.29, 0.717) is 0 Å². The molecule has 0 amide bonds. The normalized spacial score (nSPS) is 14.4. The monoisotopic (exact) mass is 447 g/mol. The first-order valence-electron chi connectivity index (χ1n) is 12.4. The highest BCUT2D eigenvalue weighted by atomic mass is 15.1. The first-order chi connectivity index (χ1) is 17.1. The van der Waals surface area contributed by atoms with E-state index in [1.807, 2.05) is 0 Å². The highest BCUT2D eigenvalue weighted by Crippen LogP contribution is 2.55. The molecule has 0 N–H and O–H groups in total. The van der Waals surface area contributed by atoms with Crippen molar-refractivity contribution in [2.75, 3.05) is 11.9 Å². The number of fused-ring (bicyclic) bond motifs is 1. The molecule has 0 bridgehead atoms. The van der Waals surface area contributed by atoms with Crippen molar-refractivity contribution in [2.24, 2.45) is 0 Å². The van der Waals surface area contributed by atoms with Crippen LogP contribution in [0.4, 0.5) is 11.4 Å². The van der Waals surface area contributed by atoms with Crippen LogP contribution in [0.3, 0.4) is 0 Å². The maximum atomic E-state index is 2.40. The number of hydrogen-bond acceptors (Lipinski definition) is 1. The van der Waals surface area contributed by atoms with E-state index in [9.17, 15) is 0 Å².